The van der Waals surface area contributed by atoms with E-state index >= 15 is 0 Å². The maximum Gasteiger partial charge on any atom is 0.313 e. The number of ether oxygens (including phenoxy) is 11. The van der Waals surface area contributed by atoms with Gasteiger partial charge in [-0.2, -0.15) is 13.1 Å². The van der Waals surface area contributed by atoms with Crippen LogP contribution in [0.5, 0.6) is 11.5 Å². The number of carbonyl (C=O) groups excluding carboxylic acids is 2. The lowest BCUT2D eigenvalue weighted by atomic mass is 10.0. The van der Waals surface area contributed by atoms with Crippen molar-refractivity contribution in [3.8, 4) is 22.6 Å². The molecule has 0 spiro atoms. The molecule has 1 unspecified atom stereocenters. The van der Waals surface area contributed by atoms with Gasteiger partial charge in [-0.15, -0.1) is 0 Å². The van der Waals surface area contributed by atoms with Gasteiger partial charge in [0.25, 0.3) is 0 Å². The van der Waals surface area contributed by atoms with Crippen LogP contribution in [0.3, 0.4) is 0 Å². The number of sulfonamides is 1. The van der Waals surface area contributed by atoms with Crippen molar-refractivity contribution in [3.63, 3.8) is 0 Å². The molecule has 1 fully saturated rings. The fourth-order valence-electron chi connectivity index (χ4n) is 9.02. The number of rotatable bonds is 43. The normalized spacial score (nSPS) is 14.1. The van der Waals surface area contributed by atoms with Crippen LogP contribution >= 0.6 is 0 Å². The smallest absolute Gasteiger partial charge is 0.313 e. The Balaban J connectivity index is 0.741. The summed E-state index contributed by atoms with van der Waals surface area (Å²) in [7, 11) is -0.159. The summed E-state index contributed by atoms with van der Waals surface area (Å²) in [6.07, 6.45) is 2.32. The molecule has 0 aromatic heterocycles. The predicted molar refractivity (Wildman–Crippen MR) is 314 cm³/mol. The Hall–Kier alpha value is -5.98. The summed E-state index contributed by atoms with van der Waals surface area (Å²) >= 11 is 0. The third kappa shape index (κ3) is 23.5. The molecule has 4 aromatic carbocycles. The number of esters is 1. The number of carbonyl (C=O) groups is 2. The molecule has 2 heterocycles. The van der Waals surface area contributed by atoms with Gasteiger partial charge in [0.2, 0.25) is 33.3 Å². The first-order chi connectivity index (χ1) is 42.1. The van der Waals surface area contributed by atoms with Gasteiger partial charge in [-0.05, 0) is 78.9 Å². The van der Waals surface area contributed by atoms with Crippen LogP contribution in [0, 0.1) is 29.2 Å². The molecule has 4 aromatic rings. The van der Waals surface area contributed by atoms with Gasteiger partial charge < -0.3 is 72.7 Å². The Morgan fingerprint density at radius 3 is 1.85 bits per heavy atom. The minimum absolute atomic E-state index is 0.0104. The Bertz CT molecular complexity index is 2920. The summed E-state index contributed by atoms with van der Waals surface area (Å²) in [4.78, 5) is 34.5. The topological polar surface area (TPSA) is 238 Å². The molecule has 87 heavy (non-hydrogen) atoms. The monoisotopic (exact) mass is 1250 g/mol. The van der Waals surface area contributed by atoms with Crippen molar-refractivity contribution in [1.29, 1.82) is 0 Å². The number of nitrogens with zero attached hydrogens (tertiary/aromatic N) is 4. The Morgan fingerprint density at radius 1 is 0.713 bits per heavy atom. The van der Waals surface area contributed by atoms with E-state index in [9.17, 15) is 40.7 Å². The van der Waals surface area contributed by atoms with Crippen LogP contribution in [-0.4, -0.2) is 217 Å². The van der Waals surface area contributed by atoms with E-state index in [0.29, 0.717) is 121 Å². The third-order valence-corrected chi connectivity index (χ3v) is 15.4. The first-order valence-corrected chi connectivity index (χ1v) is 30.3. The molecular weight excluding hydrogens is 1170 g/mol. The van der Waals surface area contributed by atoms with E-state index in [1.165, 1.54) is 4.31 Å². The predicted octanol–water partition coefficient (Wildman–Crippen LogP) is 6.19. The lowest BCUT2D eigenvalue weighted by Crippen LogP contribution is -2.53. The molecule has 0 radical (unpaired) electrons. The highest BCUT2D eigenvalue weighted by molar-refractivity contribution is 7.89. The first-order valence-electron chi connectivity index (χ1n) is 28.9. The van der Waals surface area contributed by atoms with Gasteiger partial charge in [0.1, 0.15) is 11.6 Å². The molecule has 6 rings (SSSR count). The molecule has 26 heteroatoms. The summed E-state index contributed by atoms with van der Waals surface area (Å²) in [5, 5.41) is 9.68. The number of aliphatic hydroxyl groups excluding tert-OH is 1. The molecule has 1 amide bonds. The highest BCUT2D eigenvalue weighted by Crippen LogP contribution is 2.34. The highest BCUT2D eigenvalue weighted by atomic mass is 32.2. The summed E-state index contributed by atoms with van der Waals surface area (Å²) in [6, 6.07) is 20.4. The zero-order chi connectivity index (χ0) is 62.4. The second kappa shape index (κ2) is 37.8. The minimum atomic E-state index is -3.75. The molecule has 2 aliphatic heterocycles. The van der Waals surface area contributed by atoms with Gasteiger partial charge in [0.15, 0.2) is 17.9 Å². The second-order valence-corrected chi connectivity index (χ2v) is 22.2. The standard InChI is InChI=1S/C61H81F4N5O16S/c1-4-16-69(17-14-44-8-12-50(76-3)13-9-44)61(73)49-35-48-11-10-47(37-54(48)67-55(66)38-49)46-6-5-7-51(36-46)87(74,75)70-41-45(42-70)40-68(2)18-20-78-31-33-84-57(43-71)85-34-32-83-30-29-82-28-27-81-26-25-80-24-23-79-22-21-77-19-15-56(72)86-60-58(64)52(62)39-53(63)59(60)65/h5-13,35-37,39,45,57,71H,4,14-34,38,40-43H2,1-3H3,(H2,66,67). The molecule has 0 aliphatic carbocycles. The first kappa shape index (κ1) is 70.1. The number of likely N-dealkylation sites (N-methyl/N-ethyl adjacent to an activating group) is 1. The van der Waals surface area contributed by atoms with E-state index in [2.05, 4.69) is 14.6 Å². The Labute approximate surface area is 506 Å². The molecular formula is C61H81F4N5O16S. The number of nitrogens with two attached hydrogens (primary N) is 1. The number of methoxy groups -OCH3 is 1. The Morgan fingerprint density at radius 2 is 1.28 bits per heavy atom. The van der Waals surface area contributed by atoms with Crippen LogP contribution in [0.25, 0.3) is 17.2 Å². The summed E-state index contributed by atoms with van der Waals surface area (Å²) in [6.45, 7) is 9.09. The quantitative estimate of drug-likeness (QED) is 0.0125. The van der Waals surface area contributed by atoms with E-state index in [1.807, 2.05) is 73.5 Å². The number of fused-ring (bicyclic) bond motifs is 1. The van der Waals surface area contributed by atoms with Crippen LogP contribution in [0.2, 0.25) is 0 Å². The summed E-state index contributed by atoms with van der Waals surface area (Å²) < 4.78 is 142. The van der Waals surface area contributed by atoms with Gasteiger partial charge >= 0.3 is 5.97 Å². The largest absolute Gasteiger partial charge is 0.497 e. The minimum Gasteiger partial charge on any atom is -0.497 e. The van der Waals surface area contributed by atoms with Gasteiger partial charge in [0.05, 0.1) is 136 Å². The van der Waals surface area contributed by atoms with E-state index < -0.39 is 57.7 Å². The van der Waals surface area contributed by atoms with Crippen molar-refractivity contribution in [2.45, 2.75) is 43.8 Å². The number of hydrogen-bond donors (Lipinski definition) is 2. The van der Waals surface area contributed by atoms with Crippen molar-refractivity contribution < 1.29 is 92.8 Å². The van der Waals surface area contributed by atoms with Crippen molar-refractivity contribution in [2.24, 2.45) is 16.6 Å². The van der Waals surface area contributed by atoms with Crippen molar-refractivity contribution in [2.75, 3.05) is 166 Å². The number of amides is 1. The zero-order valence-corrected chi connectivity index (χ0v) is 50.4. The highest BCUT2D eigenvalue weighted by Gasteiger charge is 2.37. The second-order valence-electron chi connectivity index (χ2n) is 20.3. The third-order valence-electron chi connectivity index (χ3n) is 13.6. The fourth-order valence-corrected chi connectivity index (χ4v) is 10.7. The molecule has 1 atom stereocenters. The van der Waals surface area contributed by atoms with E-state index in [1.54, 1.807) is 25.3 Å². The number of aliphatic hydroxyl groups is 1. The van der Waals surface area contributed by atoms with Gasteiger partial charge in [-0.3, -0.25) is 9.59 Å². The lowest BCUT2D eigenvalue weighted by molar-refractivity contribution is -0.176. The van der Waals surface area contributed by atoms with E-state index in [-0.39, 0.29) is 88.7 Å². The zero-order valence-electron chi connectivity index (χ0n) is 49.6. The number of aliphatic imine (C=N–C) groups is 1. The van der Waals surface area contributed by atoms with Gasteiger partial charge in [-0.1, -0.05) is 43.3 Å². The van der Waals surface area contributed by atoms with Crippen LogP contribution in [0.4, 0.5) is 23.2 Å². The number of amidine groups is 1. The summed E-state index contributed by atoms with van der Waals surface area (Å²) in [5.41, 5.74) is 10.9. The number of hydrogen-bond acceptors (Lipinski definition) is 19. The molecule has 1 saturated heterocycles. The lowest BCUT2D eigenvalue weighted by Gasteiger charge is -2.40. The molecule has 3 N–H and O–H groups in total. The molecule has 0 saturated carbocycles. The Kier molecular flexibility index (Phi) is 30.4. The van der Waals surface area contributed by atoms with Crippen LogP contribution < -0.4 is 15.2 Å². The van der Waals surface area contributed by atoms with E-state index in [0.717, 1.165) is 28.9 Å². The average molecular weight is 1250 g/mol. The van der Waals surface area contributed by atoms with Crippen molar-refractivity contribution in [1.82, 2.24) is 14.1 Å². The van der Waals surface area contributed by atoms with Gasteiger partial charge in [-0.25, -0.2) is 22.2 Å². The van der Waals surface area contributed by atoms with Crippen LogP contribution in [-0.2, 0) is 68.7 Å². The average Bonchev–Trinajstić information content (AvgIpc) is 1.62. The molecule has 0 bridgehead atoms. The van der Waals surface area contributed by atoms with Crippen molar-refractivity contribution >= 4 is 39.5 Å². The number of halogens is 4. The fraction of sp³-hybridized carbons (Fsp3) is 0.525. The molecule has 2 aliphatic rings. The van der Waals surface area contributed by atoms with E-state index in [4.69, 9.17) is 53.1 Å². The SMILES string of the molecule is CCCN(CCc1ccc(OC)cc1)C(=O)C1=Cc2ccc(-c3cccc(S(=O)(=O)N4CC(CN(C)CCOCCOC(CO)OCCOCCOCCOCCOCCOCCOCCC(=O)Oc5c(F)c(F)cc(F)c5F)C4)c3)cc2N=C(N)C1. The van der Waals surface area contributed by atoms with Crippen molar-refractivity contribution in [3.05, 3.63) is 113 Å². The maximum atomic E-state index is 13.9. The summed E-state index contributed by atoms with van der Waals surface area (Å²) in [5.74, 6) is -8.40. The maximum absolute atomic E-state index is 13.9. The van der Waals surface area contributed by atoms with Crippen LogP contribution in [0.1, 0.15) is 37.3 Å². The molecule has 480 valence electrons. The van der Waals surface area contributed by atoms with Crippen LogP contribution in [0.15, 0.2) is 88.3 Å². The molecule has 21 nitrogen and oxygen atoms in total. The number of benzene rings is 4. The van der Waals surface area contributed by atoms with Gasteiger partial charge in [0, 0.05) is 62.9 Å².